The third-order valence-electron chi connectivity index (χ3n) is 4.18. The van der Waals surface area contributed by atoms with Gasteiger partial charge in [0.1, 0.15) is 16.4 Å². The number of rotatable bonds is 10. The fourth-order valence-electron chi connectivity index (χ4n) is 2.81. The Kier molecular flexibility index (Phi) is 10.4. The van der Waals surface area contributed by atoms with Crippen molar-refractivity contribution in [2.45, 2.75) is 56.8 Å². The van der Waals surface area contributed by atoms with Gasteiger partial charge in [0, 0.05) is 0 Å². The van der Waals surface area contributed by atoms with Gasteiger partial charge in [0.05, 0.1) is 0 Å². The number of aryl methyl sites for hydroxylation is 1. The summed E-state index contributed by atoms with van der Waals surface area (Å²) in [4.78, 5) is -0.295. The molecule has 0 amide bonds. The molecule has 142 valence electrons. The molecule has 27 heavy (non-hydrogen) atoms. The van der Waals surface area contributed by atoms with E-state index in [1.54, 1.807) is 12.1 Å². The second-order valence-electron chi connectivity index (χ2n) is 6.31. The van der Waals surface area contributed by atoms with Gasteiger partial charge in [-0.25, -0.2) is 0 Å². The zero-order valence-corrected chi connectivity index (χ0v) is 18.8. The minimum absolute atomic E-state index is 0. The molecule has 0 aliphatic heterocycles. The summed E-state index contributed by atoms with van der Waals surface area (Å²) >= 11 is 0. The molecular formula is C20H25NaO5S. The average molecular weight is 400 g/mol. The van der Waals surface area contributed by atoms with Crippen LogP contribution >= 0.6 is 0 Å². The summed E-state index contributed by atoms with van der Waals surface area (Å²) in [6.45, 7) is 2.17. The van der Waals surface area contributed by atoms with Gasteiger partial charge in [0.15, 0.2) is 0 Å². The maximum atomic E-state index is 11.7. The molecule has 0 saturated heterocycles. The Morgan fingerprint density at radius 2 is 1.63 bits per heavy atom. The van der Waals surface area contributed by atoms with Crippen molar-refractivity contribution in [3.05, 3.63) is 48.0 Å². The van der Waals surface area contributed by atoms with Crippen molar-refractivity contribution in [1.29, 1.82) is 0 Å². The molecule has 2 rings (SSSR count). The van der Waals surface area contributed by atoms with E-state index in [0.717, 1.165) is 24.8 Å². The number of para-hydroxylation sites is 1. The van der Waals surface area contributed by atoms with Crippen molar-refractivity contribution in [3.63, 3.8) is 0 Å². The summed E-state index contributed by atoms with van der Waals surface area (Å²) in [5.74, 6) is 0.369. The van der Waals surface area contributed by atoms with Gasteiger partial charge >= 0.3 is 29.6 Å². The van der Waals surface area contributed by atoms with Gasteiger partial charge in [-0.2, -0.15) is 8.42 Å². The number of benzene rings is 2. The molecule has 0 spiro atoms. The molecule has 0 heterocycles. The minimum Gasteiger partial charge on any atom is -0.872 e. The number of ether oxygens (including phenoxy) is 1. The Hall–Kier alpha value is -1.05. The molecule has 0 aromatic heterocycles. The molecule has 2 aromatic rings. The Labute approximate surface area is 183 Å². The monoisotopic (exact) mass is 400 g/mol. The van der Waals surface area contributed by atoms with E-state index in [1.165, 1.54) is 49.6 Å². The molecule has 1 N–H and O–H groups in total. The summed E-state index contributed by atoms with van der Waals surface area (Å²) in [6.07, 6.45) is 7.50. The summed E-state index contributed by atoms with van der Waals surface area (Å²) in [5.41, 5.74) is 0.748. The van der Waals surface area contributed by atoms with Crippen LogP contribution in [0, 0.1) is 0 Å². The molecule has 0 unspecified atom stereocenters. The van der Waals surface area contributed by atoms with E-state index in [4.69, 9.17) is 4.74 Å². The smallest absolute Gasteiger partial charge is 0.872 e. The average Bonchev–Trinajstić information content (AvgIpc) is 2.59. The van der Waals surface area contributed by atoms with Gasteiger partial charge in [0.25, 0.3) is 10.1 Å². The van der Waals surface area contributed by atoms with Crippen molar-refractivity contribution in [2.24, 2.45) is 0 Å². The second kappa shape index (κ2) is 11.7. The summed E-state index contributed by atoms with van der Waals surface area (Å²) < 4.78 is 38.1. The van der Waals surface area contributed by atoms with Crippen molar-refractivity contribution >= 4 is 10.1 Å². The maximum absolute atomic E-state index is 11.7. The zero-order chi connectivity index (χ0) is 19.0. The molecule has 0 radical (unpaired) electrons. The van der Waals surface area contributed by atoms with Crippen molar-refractivity contribution in [2.75, 3.05) is 0 Å². The van der Waals surface area contributed by atoms with E-state index in [2.05, 4.69) is 6.92 Å². The van der Waals surface area contributed by atoms with E-state index >= 15 is 0 Å². The van der Waals surface area contributed by atoms with Gasteiger partial charge in [-0.15, -0.1) is 5.75 Å². The molecule has 7 heteroatoms. The van der Waals surface area contributed by atoms with Crippen molar-refractivity contribution in [3.8, 4) is 17.2 Å². The Morgan fingerprint density at radius 3 is 2.33 bits per heavy atom. The molecule has 2 aromatic carbocycles. The molecule has 5 nitrogen and oxygen atoms in total. The topological polar surface area (TPSA) is 86.7 Å². The minimum atomic E-state index is -4.39. The van der Waals surface area contributed by atoms with Crippen molar-refractivity contribution in [1.82, 2.24) is 0 Å². The van der Waals surface area contributed by atoms with Crippen LogP contribution in [0.3, 0.4) is 0 Å². The Bertz CT molecular complexity index is 821. The largest absolute Gasteiger partial charge is 1.00 e. The number of hydrogen-bond donors (Lipinski definition) is 1. The van der Waals surface area contributed by atoms with Crippen LogP contribution in [-0.2, 0) is 16.5 Å². The summed E-state index contributed by atoms with van der Waals surface area (Å²) in [6, 6.07) is 10.3. The molecule has 0 bridgehead atoms. The second-order valence-corrected chi connectivity index (χ2v) is 7.70. The Morgan fingerprint density at radius 1 is 0.963 bits per heavy atom. The van der Waals surface area contributed by atoms with Crippen LogP contribution in [0.4, 0.5) is 0 Å². The predicted molar refractivity (Wildman–Crippen MR) is 99.3 cm³/mol. The normalized spacial score (nSPS) is 11.0. The van der Waals surface area contributed by atoms with Crippen LogP contribution in [0.1, 0.15) is 51.0 Å². The van der Waals surface area contributed by atoms with Crippen LogP contribution in [0.15, 0.2) is 47.4 Å². The molecule has 0 aliphatic rings. The molecule has 0 fully saturated rings. The van der Waals surface area contributed by atoms with Crippen LogP contribution in [-0.4, -0.2) is 13.0 Å². The first-order valence-electron chi connectivity index (χ1n) is 8.96. The number of unbranched alkanes of at least 4 members (excludes halogenated alkanes) is 5. The van der Waals surface area contributed by atoms with Gasteiger partial charge in [-0.3, -0.25) is 4.55 Å². The first kappa shape index (κ1) is 24.0. The first-order chi connectivity index (χ1) is 12.4. The fourth-order valence-corrected chi connectivity index (χ4v) is 3.43. The SMILES string of the molecule is CCCCCCCCc1cc([O-])ccc1Oc1ccccc1S(=O)(=O)O.[Na+]. The van der Waals surface area contributed by atoms with E-state index < -0.39 is 10.1 Å². The maximum Gasteiger partial charge on any atom is 1.00 e. The zero-order valence-electron chi connectivity index (χ0n) is 16.0. The van der Waals surface area contributed by atoms with Gasteiger partial charge in [0.2, 0.25) is 0 Å². The fraction of sp³-hybridized carbons (Fsp3) is 0.400. The van der Waals surface area contributed by atoms with E-state index in [-0.39, 0.29) is 46.0 Å². The Balaban J connectivity index is 0.00000364. The third kappa shape index (κ3) is 7.84. The molecule has 0 aliphatic carbocycles. The first-order valence-corrected chi connectivity index (χ1v) is 10.4. The van der Waals surface area contributed by atoms with Gasteiger partial charge in [-0.1, -0.05) is 63.3 Å². The summed E-state index contributed by atoms with van der Waals surface area (Å²) in [7, 11) is -4.39. The van der Waals surface area contributed by atoms with Crippen LogP contribution in [0.5, 0.6) is 17.2 Å². The third-order valence-corrected chi connectivity index (χ3v) is 5.07. The van der Waals surface area contributed by atoms with E-state index in [9.17, 15) is 18.1 Å². The molecule has 0 saturated carbocycles. The van der Waals surface area contributed by atoms with Gasteiger partial charge < -0.3 is 9.84 Å². The molecule has 0 atom stereocenters. The molecular weight excluding hydrogens is 375 g/mol. The predicted octanol–water partition coefficient (Wildman–Crippen LogP) is 1.71. The standard InChI is InChI=1S/C20H26O5S.Na/c1-2-3-4-5-6-7-10-16-15-17(21)13-14-18(16)25-19-11-8-9-12-20(19)26(22,23)24;/h8-9,11-15,21H,2-7,10H2,1H3,(H,22,23,24);/q;+1/p-1. The van der Waals surface area contributed by atoms with Crippen LogP contribution < -0.4 is 39.4 Å². The van der Waals surface area contributed by atoms with Crippen LogP contribution in [0.2, 0.25) is 0 Å². The summed E-state index contributed by atoms with van der Waals surface area (Å²) in [5, 5.41) is 11.7. The van der Waals surface area contributed by atoms with Crippen LogP contribution in [0.25, 0.3) is 0 Å². The van der Waals surface area contributed by atoms with Crippen molar-refractivity contribution < 1.29 is 52.4 Å². The van der Waals surface area contributed by atoms with E-state index in [0.29, 0.717) is 12.2 Å². The van der Waals surface area contributed by atoms with Gasteiger partial charge in [-0.05, 0) is 36.6 Å². The number of hydrogen-bond acceptors (Lipinski definition) is 4. The quantitative estimate of drug-likeness (QED) is 0.373. The van der Waals surface area contributed by atoms with E-state index in [1.807, 2.05) is 0 Å².